The molecule has 0 aliphatic rings. The van der Waals surface area contributed by atoms with Gasteiger partial charge in [-0.25, -0.2) is 8.42 Å². The molecule has 0 fully saturated rings. The summed E-state index contributed by atoms with van der Waals surface area (Å²) in [5, 5.41) is 24.4. The highest BCUT2D eigenvalue weighted by molar-refractivity contribution is 7.92. The first-order chi connectivity index (χ1) is 14.9. The van der Waals surface area contributed by atoms with E-state index in [1.165, 1.54) is 16.4 Å². The van der Waals surface area contributed by atoms with Crippen LogP contribution in [-0.4, -0.2) is 31.6 Å². The summed E-state index contributed by atoms with van der Waals surface area (Å²) in [5.41, 5.74) is 0.950. The number of para-hydroxylation sites is 1. The standard InChI is InChI=1S/C22H23N3O5S/c1-2-24(18-11-7-4-8-12-18)31(29,30)19-13-14-20(22(15-19)25(27)28)23-21(16-26)17-9-5-3-6-10-17/h3-15,21,23,26H,2,16H2,1H3. The number of nitro benzene ring substituents is 1. The summed E-state index contributed by atoms with van der Waals surface area (Å²) in [4.78, 5) is 10.9. The maximum absolute atomic E-state index is 13.2. The van der Waals surface area contributed by atoms with E-state index in [4.69, 9.17) is 0 Å². The lowest BCUT2D eigenvalue weighted by atomic mass is 10.1. The van der Waals surface area contributed by atoms with Gasteiger partial charge in [0.15, 0.2) is 0 Å². The van der Waals surface area contributed by atoms with E-state index in [-0.39, 0.29) is 29.4 Å². The highest BCUT2D eigenvalue weighted by atomic mass is 32.2. The maximum atomic E-state index is 13.2. The van der Waals surface area contributed by atoms with Crippen molar-refractivity contribution in [1.82, 2.24) is 0 Å². The second-order valence-corrected chi connectivity index (χ2v) is 8.59. The van der Waals surface area contributed by atoms with Gasteiger partial charge in [-0.1, -0.05) is 48.5 Å². The summed E-state index contributed by atoms with van der Waals surface area (Å²) < 4.78 is 27.6. The lowest BCUT2D eigenvalue weighted by Crippen LogP contribution is -2.30. The van der Waals surface area contributed by atoms with Gasteiger partial charge in [-0.2, -0.15) is 0 Å². The number of benzene rings is 3. The van der Waals surface area contributed by atoms with Gasteiger partial charge < -0.3 is 10.4 Å². The van der Waals surface area contributed by atoms with E-state index in [0.29, 0.717) is 5.69 Å². The third kappa shape index (κ3) is 4.84. The minimum absolute atomic E-state index is 0.120. The molecule has 2 N–H and O–H groups in total. The minimum atomic E-state index is -4.01. The van der Waals surface area contributed by atoms with Crippen molar-refractivity contribution >= 4 is 27.1 Å². The van der Waals surface area contributed by atoms with Gasteiger partial charge in [0.25, 0.3) is 15.7 Å². The van der Waals surface area contributed by atoms with Crippen LogP contribution in [0.1, 0.15) is 18.5 Å². The Balaban J connectivity index is 1.99. The molecule has 3 aromatic rings. The topological polar surface area (TPSA) is 113 Å². The molecule has 0 aliphatic heterocycles. The Bertz CT molecular complexity index is 1140. The number of aliphatic hydroxyl groups excluding tert-OH is 1. The minimum Gasteiger partial charge on any atom is -0.394 e. The van der Waals surface area contributed by atoms with Crippen LogP contribution in [0.3, 0.4) is 0 Å². The van der Waals surface area contributed by atoms with Crippen LogP contribution >= 0.6 is 0 Å². The van der Waals surface area contributed by atoms with E-state index in [1.54, 1.807) is 61.5 Å². The zero-order valence-electron chi connectivity index (χ0n) is 16.9. The Hall–Kier alpha value is -3.43. The molecular formula is C22H23N3O5S. The highest BCUT2D eigenvalue weighted by Crippen LogP contribution is 2.32. The summed E-state index contributed by atoms with van der Waals surface area (Å²) in [6, 6.07) is 20.7. The molecule has 162 valence electrons. The number of hydrogen-bond donors (Lipinski definition) is 2. The summed E-state index contributed by atoms with van der Waals surface area (Å²) in [5.74, 6) is 0. The first kappa shape index (κ1) is 22.3. The third-order valence-electron chi connectivity index (χ3n) is 4.80. The predicted octanol–water partition coefficient (Wildman–Crippen LogP) is 3.96. The molecule has 0 heterocycles. The second-order valence-electron chi connectivity index (χ2n) is 6.73. The molecular weight excluding hydrogens is 418 g/mol. The maximum Gasteiger partial charge on any atom is 0.293 e. The van der Waals surface area contributed by atoms with Gasteiger partial charge in [-0.15, -0.1) is 0 Å². The fraction of sp³-hybridized carbons (Fsp3) is 0.182. The summed E-state index contributed by atoms with van der Waals surface area (Å²) in [6.45, 7) is 1.57. The van der Waals surface area contributed by atoms with E-state index in [0.717, 1.165) is 11.6 Å². The quantitative estimate of drug-likeness (QED) is 0.384. The van der Waals surface area contributed by atoms with Crippen molar-refractivity contribution in [3.63, 3.8) is 0 Å². The van der Waals surface area contributed by atoms with Crippen molar-refractivity contribution in [2.75, 3.05) is 22.8 Å². The molecule has 0 amide bonds. The Labute approximate surface area is 181 Å². The van der Waals surface area contributed by atoms with Gasteiger partial charge >= 0.3 is 0 Å². The summed E-state index contributed by atoms with van der Waals surface area (Å²) in [6.07, 6.45) is 0. The summed E-state index contributed by atoms with van der Waals surface area (Å²) in [7, 11) is -4.01. The molecule has 31 heavy (non-hydrogen) atoms. The van der Waals surface area contributed by atoms with Crippen LogP contribution < -0.4 is 9.62 Å². The van der Waals surface area contributed by atoms with Crippen molar-refractivity contribution in [1.29, 1.82) is 0 Å². The van der Waals surface area contributed by atoms with Gasteiger partial charge in [-0.05, 0) is 36.8 Å². The molecule has 9 heteroatoms. The molecule has 0 saturated carbocycles. The molecule has 1 atom stereocenters. The van der Waals surface area contributed by atoms with E-state index in [1.807, 2.05) is 6.07 Å². The van der Waals surface area contributed by atoms with Gasteiger partial charge in [0.05, 0.1) is 28.2 Å². The van der Waals surface area contributed by atoms with Gasteiger partial charge in [0.2, 0.25) is 0 Å². The van der Waals surface area contributed by atoms with Crippen LogP contribution in [0.4, 0.5) is 17.1 Å². The molecule has 0 radical (unpaired) electrons. The first-order valence-electron chi connectivity index (χ1n) is 9.67. The smallest absolute Gasteiger partial charge is 0.293 e. The summed E-state index contributed by atoms with van der Waals surface area (Å²) >= 11 is 0. The first-order valence-corrected chi connectivity index (χ1v) is 11.1. The van der Waals surface area contributed by atoms with E-state index < -0.39 is 21.0 Å². The third-order valence-corrected chi connectivity index (χ3v) is 6.70. The van der Waals surface area contributed by atoms with E-state index in [2.05, 4.69) is 5.32 Å². The highest BCUT2D eigenvalue weighted by Gasteiger charge is 2.27. The van der Waals surface area contributed by atoms with Gasteiger partial charge in [0, 0.05) is 12.6 Å². The molecule has 0 aromatic heterocycles. The molecule has 0 saturated heterocycles. The monoisotopic (exact) mass is 441 g/mol. The Morgan fingerprint density at radius 2 is 1.65 bits per heavy atom. The van der Waals surface area contributed by atoms with Crippen molar-refractivity contribution in [3.8, 4) is 0 Å². The number of nitrogens with zero attached hydrogens (tertiary/aromatic N) is 2. The van der Waals surface area contributed by atoms with Crippen molar-refractivity contribution in [2.24, 2.45) is 0 Å². The van der Waals surface area contributed by atoms with Crippen molar-refractivity contribution in [2.45, 2.75) is 17.9 Å². The zero-order chi connectivity index (χ0) is 22.4. The van der Waals surface area contributed by atoms with Crippen molar-refractivity contribution < 1.29 is 18.4 Å². The Morgan fingerprint density at radius 1 is 1.03 bits per heavy atom. The van der Waals surface area contributed by atoms with E-state index >= 15 is 0 Å². The molecule has 3 aromatic carbocycles. The second kappa shape index (κ2) is 9.59. The lowest BCUT2D eigenvalue weighted by Gasteiger charge is -2.23. The average Bonchev–Trinajstić information content (AvgIpc) is 2.79. The van der Waals surface area contributed by atoms with Gasteiger partial charge in [-0.3, -0.25) is 14.4 Å². The normalized spacial score (nSPS) is 12.2. The molecule has 0 spiro atoms. The number of nitrogens with one attached hydrogen (secondary N) is 1. The number of anilines is 2. The largest absolute Gasteiger partial charge is 0.394 e. The van der Waals surface area contributed by atoms with E-state index in [9.17, 15) is 23.6 Å². The molecule has 0 aliphatic carbocycles. The van der Waals surface area contributed by atoms with Crippen LogP contribution in [0.15, 0.2) is 83.8 Å². The molecule has 3 rings (SSSR count). The average molecular weight is 442 g/mol. The van der Waals surface area contributed by atoms with Crippen LogP contribution in [0.2, 0.25) is 0 Å². The number of hydrogen-bond acceptors (Lipinski definition) is 6. The fourth-order valence-electron chi connectivity index (χ4n) is 3.27. The van der Waals surface area contributed by atoms with Crippen LogP contribution in [0.5, 0.6) is 0 Å². The number of nitro groups is 1. The molecule has 0 bridgehead atoms. The van der Waals surface area contributed by atoms with Gasteiger partial charge in [0.1, 0.15) is 5.69 Å². The lowest BCUT2D eigenvalue weighted by molar-refractivity contribution is -0.384. The fourth-order valence-corrected chi connectivity index (χ4v) is 4.76. The zero-order valence-corrected chi connectivity index (χ0v) is 17.7. The SMILES string of the molecule is CCN(c1ccccc1)S(=O)(=O)c1ccc(NC(CO)c2ccccc2)c([N+](=O)[O-])c1. The predicted molar refractivity (Wildman–Crippen MR) is 120 cm³/mol. The number of aliphatic hydroxyl groups is 1. The molecule has 1 unspecified atom stereocenters. The van der Waals surface area contributed by atoms with Crippen LogP contribution in [0, 0.1) is 10.1 Å². The number of rotatable bonds is 9. The number of sulfonamides is 1. The Morgan fingerprint density at radius 3 is 2.19 bits per heavy atom. The Kier molecular flexibility index (Phi) is 6.88. The van der Waals surface area contributed by atoms with Crippen LogP contribution in [0.25, 0.3) is 0 Å². The van der Waals surface area contributed by atoms with Crippen molar-refractivity contribution in [3.05, 3.63) is 94.5 Å². The molecule has 8 nitrogen and oxygen atoms in total. The van der Waals surface area contributed by atoms with Crippen LogP contribution in [-0.2, 0) is 10.0 Å².